The Balaban J connectivity index is 2.29. The van der Waals surface area contributed by atoms with Crippen LogP contribution in [-0.4, -0.2) is 43.0 Å². The molecule has 20 heavy (non-hydrogen) atoms. The van der Waals surface area contributed by atoms with Crippen molar-refractivity contribution in [3.63, 3.8) is 0 Å². The summed E-state index contributed by atoms with van der Waals surface area (Å²) in [4.78, 5) is 11.7. The summed E-state index contributed by atoms with van der Waals surface area (Å²) in [5.41, 5.74) is -0.766. The molecular formula is C13H16N4O3. The number of aromatic nitrogens is 4. The van der Waals surface area contributed by atoms with E-state index in [2.05, 4.69) is 15.5 Å². The Morgan fingerprint density at radius 3 is 2.55 bits per heavy atom. The topological polar surface area (TPSA) is 101 Å². The van der Waals surface area contributed by atoms with Gasteiger partial charge in [0.05, 0.1) is 6.61 Å². The first-order valence-electron chi connectivity index (χ1n) is 6.21. The van der Waals surface area contributed by atoms with Gasteiger partial charge in [0.25, 0.3) is 0 Å². The fraction of sp³-hybridized carbons (Fsp3) is 0.385. The first kappa shape index (κ1) is 14.1. The second kappa shape index (κ2) is 5.79. The zero-order chi connectivity index (χ0) is 14.6. The van der Waals surface area contributed by atoms with Crippen LogP contribution in [-0.2, 0) is 23.7 Å². The van der Waals surface area contributed by atoms with E-state index in [0.29, 0.717) is 17.8 Å². The van der Waals surface area contributed by atoms with Gasteiger partial charge in [-0.2, -0.15) is 0 Å². The summed E-state index contributed by atoms with van der Waals surface area (Å²) in [6.45, 7) is -0.475. The zero-order valence-corrected chi connectivity index (χ0v) is 11.1. The van der Waals surface area contributed by atoms with E-state index >= 15 is 0 Å². The molecule has 0 aliphatic rings. The Kier molecular flexibility index (Phi) is 4.09. The zero-order valence-electron chi connectivity index (χ0n) is 11.1. The van der Waals surface area contributed by atoms with Crippen LogP contribution in [0.15, 0.2) is 30.3 Å². The molecule has 0 unspecified atom stereocenters. The van der Waals surface area contributed by atoms with Crippen molar-refractivity contribution in [2.75, 3.05) is 6.61 Å². The third kappa shape index (κ3) is 2.53. The van der Waals surface area contributed by atoms with Crippen LogP contribution in [0.3, 0.4) is 0 Å². The first-order valence-corrected chi connectivity index (χ1v) is 6.21. The van der Waals surface area contributed by atoms with Gasteiger partial charge < -0.3 is 10.2 Å². The molecule has 0 aliphatic carbocycles. The van der Waals surface area contributed by atoms with Gasteiger partial charge in [0.2, 0.25) is 0 Å². The van der Waals surface area contributed by atoms with Gasteiger partial charge in [-0.25, -0.2) is 4.68 Å². The molecule has 0 spiro atoms. The first-order chi connectivity index (χ1) is 9.60. The average molecular weight is 276 g/mol. The molecule has 106 valence electrons. The fourth-order valence-electron chi connectivity index (χ4n) is 2.15. The highest BCUT2D eigenvalue weighted by Gasteiger charge is 2.39. The number of benzene rings is 1. The Bertz CT molecular complexity index is 584. The average Bonchev–Trinajstić information content (AvgIpc) is 2.86. The van der Waals surface area contributed by atoms with E-state index in [4.69, 9.17) is 0 Å². The lowest BCUT2D eigenvalue weighted by molar-refractivity contribution is -0.146. The highest BCUT2D eigenvalue weighted by molar-refractivity contribution is 5.81. The van der Waals surface area contributed by atoms with Gasteiger partial charge in [-0.05, 0) is 22.4 Å². The van der Waals surface area contributed by atoms with Crippen LogP contribution in [0, 0.1) is 0 Å². The van der Waals surface area contributed by atoms with Crippen molar-refractivity contribution in [3.8, 4) is 0 Å². The minimum Gasteiger partial charge on any atom is -0.481 e. The maximum absolute atomic E-state index is 11.7. The lowest BCUT2D eigenvalue weighted by Crippen LogP contribution is -2.40. The fourth-order valence-corrected chi connectivity index (χ4v) is 2.15. The van der Waals surface area contributed by atoms with Crippen LogP contribution >= 0.6 is 0 Å². The molecule has 0 radical (unpaired) electrons. The molecule has 0 bridgehead atoms. The summed E-state index contributed by atoms with van der Waals surface area (Å²) in [6, 6.07) is 8.73. The largest absolute Gasteiger partial charge is 0.481 e. The Morgan fingerprint density at radius 2 is 2.05 bits per heavy atom. The highest BCUT2D eigenvalue weighted by atomic mass is 16.4. The Hall–Kier alpha value is -2.28. The van der Waals surface area contributed by atoms with Gasteiger partial charge in [-0.15, -0.1) is 5.10 Å². The summed E-state index contributed by atoms with van der Waals surface area (Å²) < 4.78 is 1.50. The SMILES string of the molecule is Cn1nnnc1CC[C@](CO)(C(=O)O)c1ccccc1. The van der Waals surface area contributed by atoms with Crippen molar-refractivity contribution in [1.82, 2.24) is 20.2 Å². The van der Waals surface area contributed by atoms with Crippen molar-refractivity contribution >= 4 is 5.97 Å². The van der Waals surface area contributed by atoms with Crippen LogP contribution in [0.1, 0.15) is 17.8 Å². The molecule has 2 aromatic rings. The number of tetrazole rings is 1. The van der Waals surface area contributed by atoms with E-state index in [0.717, 1.165) is 0 Å². The Morgan fingerprint density at radius 1 is 1.35 bits per heavy atom. The standard InChI is InChI=1S/C13H16N4O3/c1-17-11(14-15-16-17)7-8-13(9-18,12(19)20)10-5-3-2-4-6-10/h2-6,18H,7-9H2,1H3,(H,19,20)/t13-/m1/s1. The summed E-state index contributed by atoms with van der Waals surface area (Å²) in [6.07, 6.45) is 0.586. The number of carboxylic acids is 1. The molecule has 2 N–H and O–H groups in total. The van der Waals surface area contributed by atoms with Gasteiger partial charge in [0.15, 0.2) is 5.82 Å². The number of aliphatic hydroxyl groups is 1. The third-order valence-electron chi connectivity index (χ3n) is 3.49. The molecule has 7 heteroatoms. The van der Waals surface area contributed by atoms with Gasteiger partial charge in [0, 0.05) is 13.5 Å². The second-order valence-electron chi connectivity index (χ2n) is 4.63. The molecule has 0 fully saturated rings. The minimum atomic E-state index is -1.34. The van der Waals surface area contributed by atoms with Crippen molar-refractivity contribution < 1.29 is 15.0 Å². The molecule has 1 aromatic carbocycles. The number of rotatable bonds is 6. The molecule has 7 nitrogen and oxygen atoms in total. The number of nitrogens with zero attached hydrogens (tertiary/aromatic N) is 4. The van der Waals surface area contributed by atoms with E-state index in [1.54, 1.807) is 37.4 Å². The van der Waals surface area contributed by atoms with E-state index in [1.165, 1.54) is 4.68 Å². The van der Waals surface area contributed by atoms with E-state index in [1.807, 2.05) is 0 Å². The number of hydrogen-bond acceptors (Lipinski definition) is 5. The van der Waals surface area contributed by atoms with Crippen LogP contribution in [0.2, 0.25) is 0 Å². The van der Waals surface area contributed by atoms with E-state index in [9.17, 15) is 15.0 Å². The number of carboxylic acid groups (broad SMARTS) is 1. The van der Waals surface area contributed by atoms with Crippen molar-refractivity contribution in [2.45, 2.75) is 18.3 Å². The van der Waals surface area contributed by atoms with E-state index < -0.39 is 18.0 Å². The molecule has 0 saturated heterocycles. The number of carbonyl (C=O) groups is 1. The predicted octanol–water partition coefficient (Wildman–Crippen LogP) is 0.158. The minimum absolute atomic E-state index is 0.219. The summed E-state index contributed by atoms with van der Waals surface area (Å²) in [5.74, 6) is -0.471. The monoisotopic (exact) mass is 276 g/mol. The second-order valence-corrected chi connectivity index (χ2v) is 4.63. The summed E-state index contributed by atoms with van der Waals surface area (Å²) >= 11 is 0. The van der Waals surface area contributed by atoms with Crippen LogP contribution in [0.25, 0.3) is 0 Å². The van der Waals surface area contributed by atoms with E-state index in [-0.39, 0.29) is 6.42 Å². The highest BCUT2D eigenvalue weighted by Crippen LogP contribution is 2.29. The molecule has 0 amide bonds. The van der Waals surface area contributed by atoms with Gasteiger partial charge in [-0.3, -0.25) is 4.79 Å². The van der Waals surface area contributed by atoms with Crippen molar-refractivity contribution in [1.29, 1.82) is 0 Å². The molecule has 0 aliphatic heterocycles. The maximum atomic E-state index is 11.7. The number of aliphatic carboxylic acids is 1. The smallest absolute Gasteiger partial charge is 0.316 e. The van der Waals surface area contributed by atoms with Crippen LogP contribution in [0.5, 0.6) is 0 Å². The van der Waals surface area contributed by atoms with Gasteiger partial charge >= 0.3 is 5.97 Å². The van der Waals surface area contributed by atoms with Crippen LogP contribution in [0.4, 0.5) is 0 Å². The number of aliphatic hydroxyl groups excluding tert-OH is 1. The van der Waals surface area contributed by atoms with Crippen LogP contribution < -0.4 is 0 Å². The lowest BCUT2D eigenvalue weighted by Gasteiger charge is -2.27. The maximum Gasteiger partial charge on any atom is 0.316 e. The number of aryl methyl sites for hydroxylation is 2. The quantitative estimate of drug-likeness (QED) is 0.779. The summed E-state index contributed by atoms with van der Waals surface area (Å²) in [5, 5.41) is 30.3. The summed E-state index contributed by atoms with van der Waals surface area (Å²) in [7, 11) is 1.69. The van der Waals surface area contributed by atoms with Gasteiger partial charge in [-0.1, -0.05) is 30.3 Å². The molecule has 1 atom stereocenters. The molecule has 1 heterocycles. The third-order valence-corrected chi connectivity index (χ3v) is 3.49. The number of hydrogen-bond donors (Lipinski definition) is 2. The van der Waals surface area contributed by atoms with Crippen molar-refractivity contribution in [2.24, 2.45) is 7.05 Å². The molecule has 1 aromatic heterocycles. The molecular weight excluding hydrogens is 260 g/mol. The molecule has 0 saturated carbocycles. The molecule has 2 rings (SSSR count). The van der Waals surface area contributed by atoms with Crippen molar-refractivity contribution in [3.05, 3.63) is 41.7 Å². The van der Waals surface area contributed by atoms with Gasteiger partial charge in [0.1, 0.15) is 5.41 Å². The lowest BCUT2D eigenvalue weighted by atomic mass is 9.77. The predicted molar refractivity (Wildman–Crippen MR) is 70.0 cm³/mol. The normalized spacial score (nSPS) is 13.9. The Labute approximate surface area is 115 Å².